The summed E-state index contributed by atoms with van der Waals surface area (Å²) in [6.07, 6.45) is 1.39. The molecule has 3 rings (SSSR count). The van der Waals surface area contributed by atoms with E-state index in [0.717, 1.165) is 0 Å². The Morgan fingerprint density at radius 3 is 1.96 bits per heavy atom. The fraction of sp³-hybridized carbons (Fsp3) is 0.400. The molecular weight excluding hydrogens is 330 g/mol. The van der Waals surface area contributed by atoms with Crippen molar-refractivity contribution in [3.63, 3.8) is 0 Å². The quantitative estimate of drug-likeness (QED) is 0.657. The number of hydrogen-bond acceptors (Lipinski definition) is 3. The number of benzene rings is 2. The zero-order chi connectivity index (χ0) is 17.0. The highest BCUT2D eigenvalue weighted by molar-refractivity contribution is 7.97. The third-order valence-corrected chi connectivity index (χ3v) is 7.93. The zero-order valence-corrected chi connectivity index (χ0v) is 16.7. The van der Waals surface area contributed by atoms with Crippen LogP contribution in [0.1, 0.15) is 27.2 Å². The van der Waals surface area contributed by atoms with Crippen molar-refractivity contribution in [1.82, 2.24) is 4.72 Å². The van der Waals surface area contributed by atoms with Crippen LogP contribution in [0.5, 0.6) is 0 Å². The molecule has 24 heavy (non-hydrogen) atoms. The third-order valence-electron chi connectivity index (χ3n) is 4.47. The van der Waals surface area contributed by atoms with Crippen molar-refractivity contribution >= 4 is 31.4 Å². The van der Waals surface area contributed by atoms with E-state index in [1.165, 1.54) is 22.5 Å². The van der Waals surface area contributed by atoms with Gasteiger partial charge in [-0.25, -0.2) is 0 Å². The fourth-order valence-electron chi connectivity index (χ4n) is 3.28. The normalized spacial score (nSPS) is 19.6. The van der Waals surface area contributed by atoms with Crippen LogP contribution in [0, 0.1) is 5.41 Å². The molecule has 0 saturated carbocycles. The molecule has 2 unspecified atom stereocenters. The summed E-state index contributed by atoms with van der Waals surface area (Å²) in [5.74, 6) is 1.17. The summed E-state index contributed by atoms with van der Waals surface area (Å²) in [6.45, 7) is 6.89. The minimum Gasteiger partial charge on any atom is -0.406 e. The van der Waals surface area contributed by atoms with Gasteiger partial charge >= 0.3 is 0 Å². The van der Waals surface area contributed by atoms with Gasteiger partial charge in [0.05, 0.1) is 6.10 Å². The molecule has 0 amide bonds. The Hall–Kier alpha value is -1.07. The molecule has 2 aromatic carbocycles. The Balaban J connectivity index is 1.93. The van der Waals surface area contributed by atoms with Crippen molar-refractivity contribution in [3.05, 3.63) is 60.7 Å². The van der Waals surface area contributed by atoms with Crippen LogP contribution in [-0.4, -0.2) is 26.9 Å². The maximum absolute atomic E-state index is 6.93. The topological polar surface area (TPSA) is 21.3 Å². The number of hydrogen-bond donors (Lipinski definition) is 1. The molecule has 128 valence electrons. The second-order valence-corrected chi connectivity index (χ2v) is 10.8. The van der Waals surface area contributed by atoms with Crippen molar-refractivity contribution in [3.8, 4) is 0 Å². The van der Waals surface area contributed by atoms with Crippen molar-refractivity contribution in [2.75, 3.05) is 5.75 Å². The maximum Gasteiger partial charge on any atom is 0.240 e. The predicted octanol–water partition coefficient (Wildman–Crippen LogP) is 2.97. The molecule has 1 aliphatic rings. The van der Waals surface area contributed by atoms with Gasteiger partial charge in [0, 0.05) is 11.8 Å². The van der Waals surface area contributed by atoms with Crippen molar-refractivity contribution in [2.45, 2.75) is 39.3 Å². The van der Waals surface area contributed by atoms with Crippen molar-refractivity contribution < 1.29 is 4.43 Å². The molecule has 0 radical (unpaired) electrons. The van der Waals surface area contributed by atoms with E-state index in [2.05, 4.69) is 86.2 Å². The van der Waals surface area contributed by atoms with E-state index in [9.17, 15) is 0 Å². The minimum atomic E-state index is -1.71. The zero-order valence-electron chi connectivity index (χ0n) is 14.7. The Morgan fingerprint density at radius 1 is 1.00 bits per heavy atom. The van der Waals surface area contributed by atoms with Crippen LogP contribution in [0.3, 0.4) is 0 Å². The molecule has 1 saturated heterocycles. The molecule has 2 aromatic rings. The molecule has 4 heteroatoms. The average Bonchev–Trinajstić information content (AvgIpc) is 3.10. The van der Waals surface area contributed by atoms with Gasteiger partial charge in [0.15, 0.2) is 0 Å². The Morgan fingerprint density at radius 2 is 1.54 bits per heavy atom. The Bertz CT molecular complexity index is 584. The molecule has 0 aliphatic carbocycles. The first-order chi connectivity index (χ1) is 11.6. The largest absolute Gasteiger partial charge is 0.406 e. The first kappa shape index (κ1) is 17.7. The number of nitrogens with one attached hydrogen (secondary N) is 1. The maximum atomic E-state index is 6.93. The van der Waals surface area contributed by atoms with Gasteiger partial charge in [-0.2, -0.15) is 0 Å². The van der Waals surface area contributed by atoms with Gasteiger partial charge in [-0.3, -0.25) is 4.72 Å². The van der Waals surface area contributed by atoms with Crippen LogP contribution < -0.4 is 15.1 Å². The van der Waals surface area contributed by atoms with E-state index in [4.69, 9.17) is 4.43 Å². The fourth-order valence-corrected chi connectivity index (χ4v) is 6.96. The molecule has 0 aromatic heterocycles. The van der Waals surface area contributed by atoms with Crippen LogP contribution in [0.4, 0.5) is 0 Å². The molecule has 1 N–H and O–H groups in total. The lowest BCUT2D eigenvalue weighted by molar-refractivity contribution is 0.0623. The summed E-state index contributed by atoms with van der Waals surface area (Å²) in [4.78, 5) is 0. The van der Waals surface area contributed by atoms with Gasteiger partial charge in [-0.1, -0.05) is 93.4 Å². The van der Waals surface area contributed by atoms with Gasteiger partial charge in [0.25, 0.3) is 0 Å². The lowest BCUT2D eigenvalue weighted by atomic mass is 9.84. The lowest BCUT2D eigenvalue weighted by Crippen LogP contribution is -2.54. The van der Waals surface area contributed by atoms with Gasteiger partial charge in [0.2, 0.25) is 9.04 Å². The SMILES string of the molecule is CC(C)(C)C(O[SiH](c1ccccc1)c1ccccc1)C1CCSN1. The molecule has 2 nitrogen and oxygen atoms in total. The second kappa shape index (κ2) is 7.87. The van der Waals surface area contributed by atoms with Crippen LogP contribution in [0.25, 0.3) is 0 Å². The highest BCUT2D eigenvalue weighted by atomic mass is 32.2. The van der Waals surface area contributed by atoms with Gasteiger partial charge in [-0.05, 0) is 22.2 Å². The standard InChI is InChI=1S/C20H27NOSSi/c1-20(2,3)19(18-14-15-23-21-18)22-24(16-10-6-4-7-11-16)17-12-8-5-9-13-17/h4-13,18-19,21,24H,14-15H2,1-3H3. The lowest BCUT2D eigenvalue weighted by Gasteiger charge is -2.38. The van der Waals surface area contributed by atoms with Crippen molar-refractivity contribution in [2.24, 2.45) is 5.41 Å². The molecule has 1 heterocycles. The van der Waals surface area contributed by atoms with E-state index in [1.807, 2.05) is 11.9 Å². The van der Waals surface area contributed by atoms with E-state index in [-0.39, 0.29) is 11.5 Å². The molecule has 0 bridgehead atoms. The summed E-state index contributed by atoms with van der Waals surface area (Å²) in [7, 11) is -1.71. The molecule has 1 aliphatic heterocycles. The highest BCUT2D eigenvalue weighted by Gasteiger charge is 2.37. The minimum absolute atomic E-state index is 0.109. The number of rotatable bonds is 5. The predicted molar refractivity (Wildman–Crippen MR) is 108 cm³/mol. The second-order valence-electron chi connectivity index (χ2n) is 7.49. The van der Waals surface area contributed by atoms with E-state index in [0.29, 0.717) is 6.04 Å². The van der Waals surface area contributed by atoms with E-state index < -0.39 is 9.04 Å². The van der Waals surface area contributed by atoms with Gasteiger partial charge in [0.1, 0.15) is 0 Å². The monoisotopic (exact) mass is 357 g/mol. The van der Waals surface area contributed by atoms with Crippen LogP contribution in [-0.2, 0) is 4.43 Å². The molecule has 0 spiro atoms. The third kappa shape index (κ3) is 4.31. The first-order valence-corrected chi connectivity index (χ1v) is 11.3. The highest BCUT2D eigenvalue weighted by Crippen LogP contribution is 2.30. The molecular formula is C20H27NOSSi. The van der Waals surface area contributed by atoms with Crippen LogP contribution in [0.2, 0.25) is 0 Å². The molecule has 2 atom stereocenters. The average molecular weight is 358 g/mol. The van der Waals surface area contributed by atoms with Crippen LogP contribution >= 0.6 is 11.9 Å². The molecule has 1 fully saturated rings. The summed E-state index contributed by atoms with van der Waals surface area (Å²) < 4.78 is 10.5. The van der Waals surface area contributed by atoms with Gasteiger partial charge < -0.3 is 4.43 Å². The van der Waals surface area contributed by atoms with Gasteiger partial charge in [-0.15, -0.1) is 0 Å². The summed E-state index contributed by atoms with van der Waals surface area (Å²) in [6, 6.07) is 22.0. The van der Waals surface area contributed by atoms with Crippen molar-refractivity contribution in [1.29, 1.82) is 0 Å². The smallest absolute Gasteiger partial charge is 0.240 e. The summed E-state index contributed by atoms with van der Waals surface area (Å²) in [5.41, 5.74) is 0.109. The summed E-state index contributed by atoms with van der Waals surface area (Å²) >= 11 is 1.83. The van der Waals surface area contributed by atoms with Crippen LogP contribution in [0.15, 0.2) is 60.7 Å². The summed E-state index contributed by atoms with van der Waals surface area (Å²) in [5, 5.41) is 2.70. The Labute approximate surface area is 151 Å². The van der Waals surface area contributed by atoms with E-state index >= 15 is 0 Å². The van der Waals surface area contributed by atoms with E-state index in [1.54, 1.807) is 0 Å². The Kier molecular flexibility index (Phi) is 5.82. The first-order valence-electron chi connectivity index (χ1n) is 8.68.